The summed E-state index contributed by atoms with van der Waals surface area (Å²) in [6.45, 7) is 6.24. The van der Waals surface area contributed by atoms with E-state index in [1.807, 2.05) is 6.92 Å². The summed E-state index contributed by atoms with van der Waals surface area (Å²) in [5, 5.41) is 13.3. The molecule has 3 heteroatoms. The molecule has 0 saturated carbocycles. The summed E-state index contributed by atoms with van der Waals surface area (Å²) in [7, 11) is 0. The van der Waals surface area contributed by atoms with E-state index in [4.69, 9.17) is 0 Å². The van der Waals surface area contributed by atoms with Crippen LogP contribution in [-0.2, 0) is 0 Å². The number of piperidine rings is 1. The van der Waals surface area contributed by atoms with E-state index >= 15 is 0 Å². The third-order valence-corrected chi connectivity index (χ3v) is 3.26. The van der Waals surface area contributed by atoms with E-state index in [0.29, 0.717) is 6.04 Å². The Morgan fingerprint density at radius 3 is 3.00 bits per heavy atom. The first-order valence-electron chi connectivity index (χ1n) is 5.34. The van der Waals surface area contributed by atoms with Gasteiger partial charge in [0.15, 0.2) is 0 Å². The Labute approximate surface area is 80.1 Å². The first-order valence-corrected chi connectivity index (χ1v) is 5.34. The van der Waals surface area contributed by atoms with E-state index < -0.39 is 5.60 Å². The molecule has 0 bridgehead atoms. The Hall–Kier alpha value is -0.120. The third-order valence-electron chi connectivity index (χ3n) is 3.26. The highest BCUT2D eigenvalue weighted by Crippen LogP contribution is 2.23. The molecule has 2 heterocycles. The monoisotopic (exact) mass is 184 g/mol. The second-order valence-electron chi connectivity index (χ2n) is 4.72. The van der Waals surface area contributed by atoms with Crippen molar-refractivity contribution in [3.63, 3.8) is 0 Å². The van der Waals surface area contributed by atoms with Crippen LogP contribution in [0.4, 0.5) is 0 Å². The van der Waals surface area contributed by atoms with Crippen LogP contribution in [0.15, 0.2) is 0 Å². The number of rotatable bonds is 1. The van der Waals surface area contributed by atoms with Crippen LogP contribution in [0.2, 0.25) is 0 Å². The molecule has 0 spiro atoms. The van der Waals surface area contributed by atoms with Crippen molar-refractivity contribution in [1.82, 2.24) is 10.2 Å². The zero-order chi connectivity index (χ0) is 9.31. The van der Waals surface area contributed by atoms with Gasteiger partial charge in [0.25, 0.3) is 0 Å². The first kappa shape index (κ1) is 9.44. The molecule has 3 nitrogen and oxygen atoms in total. The number of aliphatic hydroxyl groups is 1. The van der Waals surface area contributed by atoms with Gasteiger partial charge in [-0.05, 0) is 39.3 Å². The average molecular weight is 184 g/mol. The predicted molar refractivity (Wildman–Crippen MR) is 52.7 cm³/mol. The molecule has 0 aromatic rings. The van der Waals surface area contributed by atoms with Gasteiger partial charge in [-0.2, -0.15) is 0 Å². The summed E-state index contributed by atoms with van der Waals surface area (Å²) in [6, 6.07) is 0.673. The average Bonchev–Trinajstić information content (AvgIpc) is 2.53. The Morgan fingerprint density at radius 2 is 2.38 bits per heavy atom. The topological polar surface area (TPSA) is 35.5 Å². The van der Waals surface area contributed by atoms with E-state index in [9.17, 15) is 5.11 Å². The van der Waals surface area contributed by atoms with Crippen LogP contribution < -0.4 is 5.32 Å². The Balaban J connectivity index is 1.91. The van der Waals surface area contributed by atoms with Crippen LogP contribution in [0.25, 0.3) is 0 Å². The maximum atomic E-state index is 9.94. The summed E-state index contributed by atoms with van der Waals surface area (Å²) in [6.07, 6.45) is 3.35. The van der Waals surface area contributed by atoms with Gasteiger partial charge >= 0.3 is 0 Å². The van der Waals surface area contributed by atoms with Crippen LogP contribution in [0.1, 0.15) is 26.2 Å². The Kier molecular flexibility index (Phi) is 2.58. The molecule has 2 fully saturated rings. The van der Waals surface area contributed by atoms with Crippen LogP contribution in [-0.4, -0.2) is 47.8 Å². The molecule has 2 N–H and O–H groups in total. The summed E-state index contributed by atoms with van der Waals surface area (Å²) < 4.78 is 0. The number of likely N-dealkylation sites (tertiary alicyclic amines) is 1. The normalized spacial score (nSPS) is 42.5. The quantitative estimate of drug-likeness (QED) is 0.611. The van der Waals surface area contributed by atoms with Crippen LogP contribution in [0.3, 0.4) is 0 Å². The standard InChI is InChI=1S/C10H20N2O/c1-10(13)4-2-6-12(8-10)9-3-5-11-7-9/h9,11,13H,2-8H2,1H3. The molecular formula is C10H20N2O. The van der Waals surface area contributed by atoms with Gasteiger partial charge in [0, 0.05) is 19.1 Å². The Bertz CT molecular complexity index is 176. The first-order chi connectivity index (χ1) is 6.17. The molecule has 13 heavy (non-hydrogen) atoms. The zero-order valence-electron chi connectivity index (χ0n) is 8.42. The molecule has 2 aliphatic rings. The molecule has 0 aromatic heterocycles. The van der Waals surface area contributed by atoms with Gasteiger partial charge < -0.3 is 10.4 Å². The van der Waals surface area contributed by atoms with Gasteiger partial charge in [-0.15, -0.1) is 0 Å². The minimum absolute atomic E-state index is 0.444. The van der Waals surface area contributed by atoms with E-state index in [2.05, 4.69) is 10.2 Å². The highest BCUT2D eigenvalue weighted by Gasteiger charge is 2.32. The number of hydrogen-bond acceptors (Lipinski definition) is 3. The minimum Gasteiger partial charge on any atom is -0.389 e. The van der Waals surface area contributed by atoms with Crippen molar-refractivity contribution in [1.29, 1.82) is 0 Å². The predicted octanol–water partition coefficient (Wildman–Crippen LogP) is 0.195. The van der Waals surface area contributed by atoms with Crippen LogP contribution >= 0.6 is 0 Å². The van der Waals surface area contributed by atoms with Crippen molar-refractivity contribution in [2.75, 3.05) is 26.2 Å². The molecule has 76 valence electrons. The maximum Gasteiger partial charge on any atom is 0.0746 e. The minimum atomic E-state index is -0.444. The molecule has 2 aliphatic heterocycles. The van der Waals surface area contributed by atoms with Crippen LogP contribution in [0.5, 0.6) is 0 Å². The van der Waals surface area contributed by atoms with Gasteiger partial charge in [0.1, 0.15) is 0 Å². The number of nitrogens with zero attached hydrogens (tertiary/aromatic N) is 1. The summed E-state index contributed by atoms with van der Waals surface area (Å²) in [5.41, 5.74) is -0.444. The molecule has 2 unspecified atom stereocenters. The van der Waals surface area contributed by atoms with Gasteiger partial charge in [-0.25, -0.2) is 0 Å². The number of β-amino-alcohol motifs (C(OH)–C–C–N with tert-alkyl or cyclic N) is 1. The van der Waals surface area contributed by atoms with Gasteiger partial charge in [-0.1, -0.05) is 0 Å². The molecule has 0 aliphatic carbocycles. The van der Waals surface area contributed by atoms with Crippen molar-refractivity contribution in [2.45, 2.75) is 37.8 Å². The SMILES string of the molecule is CC1(O)CCCN(C2CCNC2)C1. The van der Waals surface area contributed by atoms with Gasteiger partial charge in [0.2, 0.25) is 0 Å². The smallest absolute Gasteiger partial charge is 0.0746 e. The second-order valence-corrected chi connectivity index (χ2v) is 4.72. The van der Waals surface area contributed by atoms with Crippen molar-refractivity contribution in [2.24, 2.45) is 0 Å². The van der Waals surface area contributed by atoms with E-state index in [0.717, 1.165) is 32.5 Å². The number of hydrogen-bond donors (Lipinski definition) is 2. The molecule has 2 rings (SSSR count). The fourth-order valence-electron chi connectivity index (χ4n) is 2.52. The maximum absolute atomic E-state index is 9.94. The second kappa shape index (κ2) is 3.56. The van der Waals surface area contributed by atoms with E-state index in [1.165, 1.54) is 13.0 Å². The lowest BCUT2D eigenvalue weighted by molar-refractivity contribution is -0.0273. The van der Waals surface area contributed by atoms with Crippen molar-refractivity contribution < 1.29 is 5.11 Å². The molecular weight excluding hydrogens is 164 g/mol. The lowest BCUT2D eigenvalue weighted by Gasteiger charge is -2.39. The largest absolute Gasteiger partial charge is 0.389 e. The molecule has 2 saturated heterocycles. The molecule has 2 atom stereocenters. The summed E-state index contributed by atoms with van der Waals surface area (Å²) in [4.78, 5) is 2.45. The molecule has 0 amide bonds. The lowest BCUT2D eigenvalue weighted by Crippen LogP contribution is -2.50. The van der Waals surface area contributed by atoms with Crippen molar-refractivity contribution in [3.8, 4) is 0 Å². The van der Waals surface area contributed by atoms with Crippen molar-refractivity contribution in [3.05, 3.63) is 0 Å². The van der Waals surface area contributed by atoms with E-state index in [1.54, 1.807) is 0 Å². The number of nitrogens with one attached hydrogen (secondary N) is 1. The summed E-state index contributed by atoms with van der Waals surface area (Å²) >= 11 is 0. The molecule has 0 radical (unpaired) electrons. The van der Waals surface area contributed by atoms with E-state index in [-0.39, 0.29) is 0 Å². The lowest BCUT2D eigenvalue weighted by atomic mass is 9.94. The zero-order valence-corrected chi connectivity index (χ0v) is 8.42. The highest BCUT2D eigenvalue weighted by atomic mass is 16.3. The fraction of sp³-hybridized carbons (Fsp3) is 1.00. The Morgan fingerprint density at radius 1 is 1.54 bits per heavy atom. The van der Waals surface area contributed by atoms with Gasteiger partial charge in [0.05, 0.1) is 5.60 Å². The fourth-order valence-corrected chi connectivity index (χ4v) is 2.52. The third kappa shape index (κ3) is 2.22. The molecule has 0 aromatic carbocycles. The van der Waals surface area contributed by atoms with Crippen LogP contribution in [0, 0.1) is 0 Å². The van der Waals surface area contributed by atoms with Crippen molar-refractivity contribution >= 4 is 0 Å². The highest BCUT2D eigenvalue weighted by molar-refractivity contribution is 4.89. The summed E-state index contributed by atoms with van der Waals surface area (Å²) in [5.74, 6) is 0. The van der Waals surface area contributed by atoms with Gasteiger partial charge in [-0.3, -0.25) is 4.90 Å².